The normalized spacial score (nSPS) is 12.1. The fraction of sp³-hybridized carbons (Fsp3) is 0.143. The van der Waals surface area contributed by atoms with E-state index in [2.05, 4.69) is 0 Å². The zero-order valence-electron chi connectivity index (χ0n) is 9.65. The SMILES string of the molecule is Oc1ccc(OCC(O)c2cccc(O)c2)cc1. The Balaban J connectivity index is 1.96. The summed E-state index contributed by atoms with van der Waals surface area (Å²) in [4.78, 5) is 0. The number of phenols is 2. The highest BCUT2D eigenvalue weighted by Crippen LogP contribution is 2.21. The molecule has 0 bridgehead atoms. The molecule has 94 valence electrons. The highest BCUT2D eigenvalue weighted by molar-refractivity contribution is 5.31. The van der Waals surface area contributed by atoms with Gasteiger partial charge in [0.15, 0.2) is 0 Å². The van der Waals surface area contributed by atoms with Gasteiger partial charge in [0.1, 0.15) is 30.0 Å². The van der Waals surface area contributed by atoms with Crippen molar-refractivity contribution in [3.63, 3.8) is 0 Å². The summed E-state index contributed by atoms with van der Waals surface area (Å²) in [6.45, 7) is 0.0776. The van der Waals surface area contributed by atoms with Gasteiger partial charge in [-0.15, -0.1) is 0 Å². The van der Waals surface area contributed by atoms with Gasteiger partial charge in [-0.05, 0) is 42.0 Å². The van der Waals surface area contributed by atoms with Crippen LogP contribution in [0.5, 0.6) is 17.2 Å². The van der Waals surface area contributed by atoms with Crippen LogP contribution < -0.4 is 4.74 Å². The summed E-state index contributed by atoms with van der Waals surface area (Å²) in [6, 6.07) is 12.7. The average Bonchev–Trinajstić information content (AvgIpc) is 2.38. The molecule has 1 atom stereocenters. The van der Waals surface area contributed by atoms with Crippen LogP contribution in [0.4, 0.5) is 0 Å². The van der Waals surface area contributed by atoms with Gasteiger partial charge < -0.3 is 20.1 Å². The predicted molar refractivity (Wildman–Crippen MR) is 66.7 cm³/mol. The fourth-order valence-corrected chi connectivity index (χ4v) is 1.55. The monoisotopic (exact) mass is 246 g/mol. The highest BCUT2D eigenvalue weighted by atomic mass is 16.5. The molecular weight excluding hydrogens is 232 g/mol. The minimum absolute atomic E-state index is 0.0776. The second-order valence-corrected chi connectivity index (χ2v) is 3.92. The highest BCUT2D eigenvalue weighted by Gasteiger charge is 2.09. The third kappa shape index (κ3) is 3.15. The van der Waals surface area contributed by atoms with Crippen LogP contribution in [0.1, 0.15) is 11.7 Å². The minimum Gasteiger partial charge on any atom is -0.508 e. The zero-order valence-corrected chi connectivity index (χ0v) is 9.65. The van der Waals surface area contributed by atoms with E-state index in [1.807, 2.05) is 0 Å². The zero-order chi connectivity index (χ0) is 13.0. The standard InChI is InChI=1S/C14H14O4/c15-11-4-6-13(7-5-11)18-9-14(17)10-2-1-3-12(16)8-10/h1-8,14-17H,9H2. The molecule has 3 N–H and O–H groups in total. The van der Waals surface area contributed by atoms with E-state index in [1.54, 1.807) is 24.3 Å². The number of aliphatic hydroxyl groups is 1. The third-order valence-electron chi connectivity index (χ3n) is 2.50. The molecule has 18 heavy (non-hydrogen) atoms. The van der Waals surface area contributed by atoms with Gasteiger partial charge in [-0.1, -0.05) is 12.1 Å². The van der Waals surface area contributed by atoms with Crippen LogP contribution in [0, 0.1) is 0 Å². The maximum absolute atomic E-state index is 9.88. The first-order chi connectivity index (χ1) is 8.65. The molecule has 2 aromatic carbocycles. The lowest BCUT2D eigenvalue weighted by Crippen LogP contribution is -2.09. The first-order valence-corrected chi connectivity index (χ1v) is 5.54. The molecule has 0 fully saturated rings. The summed E-state index contributed by atoms with van der Waals surface area (Å²) >= 11 is 0. The smallest absolute Gasteiger partial charge is 0.119 e. The Kier molecular flexibility index (Phi) is 3.69. The molecule has 0 heterocycles. The molecule has 0 aliphatic heterocycles. The number of rotatable bonds is 4. The van der Waals surface area contributed by atoms with Crippen LogP contribution in [0.2, 0.25) is 0 Å². The van der Waals surface area contributed by atoms with Crippen LogP contribution in [0.25, 0.3) is 0 Å². The fourth-order valence-electron chi connectivity index (χ4n) is 1.55. The first kappa shape index (κ1) is 12.3. The van der Waals surface area contributed by atoms with Crippen molar-refractivity contribution in [3.05, 3.63) is 54.1 Å². The summed E-state index contributed by atoms with van der Waals surface area (Å²) in [5, 5.41) is 28.3. The average molecular weight is 246 g/mol. The Hall–Kier alpha value is -2.20. The predicted octanol–water partition coefficient (Wildman–Crippen LogP) is 2.21. The Labute approximate surface area is 105 Å². The van der Waals surface area contributed by atoms with E-state index in [-0.39, 0.29) is 18.1 Å². The maximum atomic E-state index is 9.88. The molecule has 2 aromatic rings. The van der Waals surface area contributed by atoms with Gasteiger partial charge in [0.2, 0.25) is 0 Å². The molecule has 0 spiro atoms. The molecule has 4 heteroatoms. The van der Waals surface area contributed by atoms with Gasteiger partial charge in [0, 0.05) is 0 Å². The number of hydrogen-bond acceptors (Lipinski definition) is 4. The number of ether oxygens (including phenoxy) is 1. The van der Waals surface area contributed by atoms with E-state index in [9.17, 15) is 10.2 Å². The quantitative estimate of drug-likeness (QED) is 0.773. The van der Waals surface area contributed by atoms with Gasteiger partial charge in [-0.3, -0.25) is 0 Å². The summed E-state index contributed by atoms with van der Waals surface area (Å²) in [5.41, 5.74) is 0.591. The molecular formula is C14H14O4. The molecule has 0 saturated heterocycles. The van der Waals surface area contributed by atoms with E-state index in [1.165, 1.54) is 24.3 Å². The lowest BCUT2D eigenvalue weighted by Gasteiger charge is -2.12. The van der Waals surface area contributed by atoms with Crippen LogP contribution in [-0.2, 0) is 0 Å². The molecule has 0 aromatic heterocycles. The van der Waals surface area contributed by atoms with Crippen LogP contribution in [-0.4, -0.2) is 21.9 Å². The minimum atomic E-state index is -0.814. The third-order valence-corrected chi connectivity index (χ3v) is 2.50. The van der Waals surface area contributed by atoms with Gasteiger partial charge in [-0.2, -0.15) is 0 Å². The topological polar surface area (TPSA) is 69.9 Å². The van der Waals surface area contributed by atoms with Crippen LogP contribution in [0.3, 0.4) is 0 Å². The number of hydrogen-bond donors (Lipinski definition) is 3. The molecule has 0 aliphatic rings. The van der Waals surface area contributed by atoms with Gasteiger partial charge >= 0.3 is 0 Å². The lowest BCUT2D eigenvalue weighted by atomic mass is 10.1. The second-order valence-electron chi connectivity index (χ2n) is 3.92. The summed E-state index contributed by atoms with van der Waals surface area (Å²) < 4.78 is 5.37. The van der Waals surface area contributed by atoms with Gasteiger partial charge in [-0.25, -0.2) is 0 Å². The van der Waals surface area contributed by atoms with Gasteiger partial charge in [0.25, 0.3) is 0 Å². The maximum Gasteiger partial charge on any atom is 0.119 e. The first-order valence-electron chi connectivity index (χ1n) is 5.54. The summed E-state index contributed by atoms with van der Waals surface area (Å²) in [5.74, 6) is 0.832. The number of benzene rings is 2. The van der Waals surface area contributed by atoms with Gasteiger partial charge in [0.05, 0.1) is 0 Å². The van der Waals surface area contributed by atoms with E-state index in [4.69, 9.17) is 9.84 Å². The largest absolute Gasteiger partial charge is 0.508 e. The number of aromatic hydroxyl groups is 2. The van der Waals surface area contributed by atoms with Crippen molar-refractivity contribution in [2.45, 2.75) is 6.10 Å². The van der Waals surface area contributed by atoms with Crippen molar-refractivity contribution in [2.24, 2.45) is 0 Å². The van der Waals surface area contributed by atoms with E-state index in [0.717, 1.165) is 0 Å². The second kappa shape index (κ2) is 5.42. The Bertz CT molecular complexity index is 507. The van der Waals surface area contributed by atoms with Crippen molar-refractivity contribution in [2.75, 3.05) is 6.61 Å². The number of aliphatic hydroxyl groups excluding tert-OH is 1. The molecule has 4 nitrogen and oxygen atoms in total. The van der Waals surface area contributed by atoms with Crippen molar-refractivity contribution in [1.82, 2.24) is 0 Å². The molecule has 2 rings (SSSR count). The lowest BCUT2D eigenvalue weighted by molar-refractivity contribution is 0.108. The van der Waals surface area contributed by atoms with E-state index >= 15 is 0 Å². The molecule has 0 radical (unpaired) electrons. The summed E-state index contributed by atoms with van der Waals surface area (Å²) in [7, 11) is 0. The van der Waals surface area contributed by atoms with Crippen molar-refractivity contribution >= 4 is 0 Å². The van der Waals surface area contributed by atoms with E-state index < -0.39 is 6.10 Å². The Morgan fingerprint density at radius 3 is 2.33 bits per heavy atom. The van der Waals surface area contributed by atoms with Crippen molar-refractivity contribution in [3.8, 4) is 17.2 Å². The van der Waals surface area contributed by atoms with Crippen molar-refractivity contribution in [1.29, 1.82) is 0 Å². The van der Waals surface area contributed by atoms with E-state index in [0.29, 0.717) is 11.3 Å². The molecule has 1 unspecified atom stereocenters. The van der Waals surface area contributed by atoms with Crippen LogP contribution >= 0.6 is 0 Å². The summed E-state index contributed by atoms with van der Waals surface area (Å²) in [6.07, 6.45) is -0.814. The molecule has 0 aliphatic carbocycles. The Morgan fingerprint density at radius 2 is 1.67 bits per heavy atom. The van der Waals surface area contributed by atoms with Crippen LogP contribution in [0.15, 0.2) is 48.5 Å². The molecule has 0 amide bonds. The molecule has 0 saturated carbocycles. The van der Waals surface area contributed by atoms with Crippen molar-refractivity contribution < 1.29 is 20.1 Å². The number of phenolic OH excluding ortho intramolecular Hbond substituents is 2. The Morgan fingerprint density at radius 1 is 0.944 bits per heavy atom.